The highest BCUT2D eigenvalue weighted by Gasteiger charge is 2.09. The number of imidazole rings is 1. The Labute approximate surface area is 127 Å². The third-order valence-electron chi connectivity index (χ3n) is 3.49. The molecule has 0 aliphatic rings. The smallest absolute Gasteiger partial charge is 0.168 e. The van der Waals surface area contributed by atoms with Gasteiger partial charge in [0.05, 0.1) is 24.0 Å². The quantitative estimate of drug-likeness (QED) is 0.752. The van der Waals surface area contributed by atoms with E-state index in [4.69, 9.17) is 0 Å². The van der Waals surface area contributed by atoms with Crippen LogP contribution in [0.3, 0.4) is 0 Å². The highest BCUT2D eigenvalue weighted by Crippen LogP contribution is 2.26. The van der Waals surface area contributed by atoms with Crippen LogP contribution in [0.15, 0.2) is 41.7 Å². The van der Waals surface area contributed by atoms with E-state index < -0.39 is 0 Å². The summed E-state index contributed by atoms with van der Waals surface area (Å²) < 4.78 is 1.93. The van der Waals surface area contributed by atoms with Gasteiger partial charge < -0.3 is 9.67 Å². The molecule has 3 rings (SSSR count). The van der Waals surface area contributed by atoms with Crippen LogP contribution in [-0.4, -0.2) is 19.6 Å². The van der Waals surface area contributed by atoms with Crippen LogP contribution >= 0.6 is 11.8 Å². The number of aliphatic hydroxyl groups excluding tert-OH is 1. The number of aromatic nitrogens is 3. The first-order chi connectivity index (χ1) is 10.2. The monoisotopic (exact) mass is 299 g/mol. The van der Waals surface area contributed by atoms with Gasteiger partial charge >= 0.3 is 0 Å². The van der Waals surface area contributed by atoms with Crippen molar-refractivity contribution in [3.05, 3.63) is 53.5 Å². The number of nitrogens with zero attached hydrogens (tertiary/aromatic N) is 3. The fourth-order valence-electron chi connectivity index (χ4n) is 2.36. The van der Waals surface area contributed by atoms with Crippen molar-refractivity contribution in [1.29, 1.82) is 0 Å². The lowest BCUT2D eigenvalue weighted by molar-refractivity contribution is 0.271. The van der Waals surface area contributed by atoms with Gasteiger partial charge in [0, 0.05) is 23.9 Å². The Bertz CT molecular complexity index is 782. The molecule has 108 valence electrons. The third kappa shape index (κ3) is 2.80. The topological polar surface area (TPSA) is 50.9 Å². The first kappa shape index (κ1) is 14.1. The maximum Gasteiger partial charge on any atom is 0.168 e. The third-order valence-corrected chi connectivity index (χ3v) is 4.58. The van der Waals surface area contributed by atoms with Crippen molar-refractivity contribution in [3.8, 4) is 0 Å². The molecule has 1 N–H and O–H groups in total. The first-order valence-corrected chi connectivity index (χ1v) is 7.77. The van der Waals surface area contributed by atoms with Crippen molar-refractivity contribution in [2.75, 3.05) is 0 Å². The molecule has 0 saturated heterocycles. The van der Waals surface area contributed by atoms with Crippen LogP contribution in [-0.2, 0) is 19.4 Å². The van der Waals surface area contributed by atoms with Crippen LogP contribution in [0.2, 0.25) is 0 Å². The molecular weight excluding hydrogens is 282 g/mol. The molecule has 0 radical (unpaired) electrons. The number of hydrogen-bond donors (Lipinski definition) is 1. The van der Waals surface area contributed by atoms with Gasteiger partial charge in [-0.15, -0.1) is 0 Å². The Morgan fingerprint density at radius 2 is 2.10 bits per heavy atom. The van der Waals surface area contributed by atoms with Crippen LogP contribution in [0.1, 0.15) is 17.0 Å². The number of aryl methyl sites for hydroxylation is 1. The SMILES string of the molecule is Cc1cc(CSc2ncc(CO)n2C)c2ccccc2n1. The number of hydrogen-bond acceptors (Lipinski definition) is 4. The van der Waals surface area contributed by atoms with E-state index in [1.807, 2.05) is 36.7 Å². The summed E-state index contributed by atoms with van der Waals surface area (Å²) >= 11 is 1.67. The molecule has 0 amide bonds. The van der Waals surface area contributed by atoms with Gasteiger partial charge in [0.1, 0.15) is 0 Å². The summed E-state index contributed by atoms with van der Waals surface area (Å²) in [7, 11) is 1.93. The molecule has 0 bridgehead atoms. The van der Waals surface area contributed by atoms with E-state index in [1.165, 1.54) is 10.9 Å². The number of aliphatic hydroxyl groups is 1. The van der Waals surface area contributed by atoms with Gasteiger partial charge in [-0.2, -0.15) is 0 Å². The fourth-order valence-corrected chi connectivity index (χ4v) is 3.32. The number of pyridine rings is 1. The summed E-state index contributed by atoms with van der Waals surface area (Å²) in [5.41, 5.74) is 4.15. The van der Waals surface area contributed by atoms with Crippen molar-refractivity contribution in [2.24, 2.45) is 7.05 Å². The second kappa shape index (κ2) is 5.87. The maximum absolute atomic E-state index is 9.22. The lowest BCUT2D eigenvalue weighted by Crippen LogP contribution is -1.98. The van der Waals surface area contributed by atoms with Crippen molar-refractivity contribution in [3.63, 3.8) is 0 Å². The molecule has 0 aliphatic carbocycles. The van der Waals surface area contributed by atoms with E-state index in [0.717, 1.165) is 27.8 Å². The van der Waals surface area contributed by atoms with Gasteiger partial charge in [0.2, 0.25) is 0 Å². The number of fused-ring (bicyclic) bond motifs is 1. The van der Waals surface area contributed by atoms with Gasteiger partial charge in [0.15, 0.2) is 5.16 Å². The number of thioether (sulfide) groups is 1. The lowest BCUT2D eigenvalue weighted by atomic mass is 10.1. The van der Waals surface area contributed by atoms with E-state index in [-0.39, 0.29) is 6.61 Å². The maximum atomic E-state index is 9.22. The van der Waals surface area contributed by atoms with Crippen LogP contribution in [0, 0.1) is 6.92 Å². The molecule has 0 atom stereocenters. The fraction of sp³-hybridized carbons (Fsp3) is 0.250. The lowest BCUT2D eigenvalue weighted by Gasteiger charge is -2.08. The molecule has 2 aromatic heterocycles. The minimum Gasteiger partial charge on any atom is -0.390 e. The number of benzene rings is 1. The summed E-state index contributed by atoms with van der Waals surface area (Å²) in [6.07, 6.45) is 1.72. The summed E-state index contributed by atoms with van der Waals surface area (Å²) in [5.74, 6) is 0.833. The Balaban J connectivity index is 1.89. The summed E-state index contributed by atoms with van der Waals surface area (Å²) in [4.78, 5) is 8.92. The average molecular weight is 299 g/mol. The molecule has 3 aromatic rings. The van der Waals surface area contributed by atoms with Gasteiger partial charge in [-0.3, -0.25) is 4.98 Å². The van der Waals surface area contributed by atoms with E-state index in [1.54, 1.807) is 18.0 Å². The Hall–Kier alpha value is -1.85. The summed E-state index contributed by atoms with van der Waals surface area (Å²) in [6.45, 7) is 2.03. The molecule has 4 nitrogen and oxygen atoms in total. The number of para-hydroxylation sites is 1. The minimum absolute atomic E-state index is 0.0152. The summed E-state index contributed by atoms with van der Waals surface area (Å²) in [6, 6.07) is 10.3. The first-order valence-electron chi connectivity index (χ1n) is 6.78. The molecule has 2 heterocycles. The van der Waals surface area contributed by atoms with Gasteiger partial charge in [-0.1, -0.05) is 30.0 Å². The molecule has 0 fully saturated rings. The van der Waals surface area contributed by atoms with E-state index in [0.29, 0.717) is 0 Å². The average Bonchev–Trinajstić information content (AvgIpc) is 2.85. The molecule has 21 heavy (non-hydrogen) atoms. The predicted octanol–water partition coefficient (Wildman–Crippen LogP) is 3.06. The highest BCUT2D eigenvalue weighted by atomic mass is 32.2. The second-order valence-electron chi connectivity index (χ2n) is 4.98. The Kier molecular flexibility index (Phi) is 3.94. The molecule has 0 aliphatic heterocycles. The summed E-state index contributed by atoms with van der Waals surface area (Å²) in [5, 5.41) is 11.3. The molecule has 0 saturated carbocycles. The molecule has 0 unspecified atom stereocenters. The zero-order valence-corrected chi connectivity index (χ0v) is 12.9. The van der Waals surface area contributed by atoms with Crippen molar-refractivity contribution in [1.82, 2.24) is 14.5 Å². The van der Waals surface area contributed by atoms with Crippen molar-refractivity contribution >= 4 is 22.7 Å². The zero-order valence-electron chi connectivity index (χ0n) is 12.1. The second-order valence-corrected chi connectivity index (χ2v) is 5.92. The molecular formula is C16H17N3OS. The van der Waals surface area contributed by atoms with Crippen LogP contribution < -0.4 is 0 Å². The zero-order chi connectivity index (χ0) is 14.8. The highest BCUT2D eigenvalue weighted by molar-refractivity contribution is 7.98. The Morgan fingerprint density at radius 1 is 1.29 bits per heavy atom. The largest absolute Gasteiger partial charge is 0.390 e. The number of rotatable bonds is 4. The van der Waals surface area contributed by atoms with E-state index in [2.05, 4.69) is 22.1 Å². The normalized spacial score (nSPS) is 11.2. The van der Waals surface area contributed by atoms with Crippen LogP contribution in [0.4, 0.5) is 0 Å². The van der Waals surface area contributed by atoms with Gasteiger partial charge in [-0.05, 0) is 24.6 Å². The molecule has 1 aromatic carbocycles. The molecule has 5 heteroatoms. The van der Waals surface area contributed by atoms with Crippen LogP contribution in [0.25, 0.3) is 10.9 Å². The van der Waals surface area contributed by atoms with Gasteiger partial charge in [0.25, 0.3) is 0 Å². The van der Waals surface area contributed by atoms with Crippen molar-refractivity contribution in [2.45, 2.75) is 24.4 Å². The van der Waals surface area contributed by atoms with E-state index >= 15 is 0 Å². The van der Waals surface area contributed by atoms with Gasteiger partial charge in [-0.25, -0.2) is 4.98 Å². The van der Waals surface area contributed by atoms with E-state index in [9.17, 15) is 5.11 Å². The van der Waals surface area contributed by atoms with Crippen LogP contribution in [0.5, 0.6) is 0 Å². The minimum atomic E-state index is 0.0152. The standard InChI is InChI=1S/C16H17N3OS/c1-11-7-12(14-5-3-4-6-15(14)18-11)10-21-16-17-8-13(9-20)19(16)2/h3-8,20H,9-10H2,1-2H3. The predicted molar refractivity (Wildman–Crippen MR) is 85.2 cm³/mol. The Morgan fingerprint density at radius 3 is 2.86 bits per heavy atom. The van der Waals surface area contributed by atoms with Crippen molar-refractivity contribution < 1.29 is 5.11 Å². The molecule has 0 spiro atoms.